The molecule has 0 bridgehead atoms. The van der Waals surface area contributed by atoms with Crippen LogP contribution in [-0.2, 0) is 9.59 Å². The second kappa shape index (κ2) is 5.49. The van der Waals surface area contributed by atoms with E-state index < -0.39 is 17.6 Å². The van der Waals surface area contributed by atoms with Crippen molar-refractivity contribution >= 4 is 11.9 Å². The van der Waals surface area contributed by atoms with E-state index in [1.807, 2.05) is 20.8 Å². The average molecular weight is 242 g/mol. The highest BCUT2D eigenvalue weighted by Gasteiger charge is 2.37. The van der Waals surface area contributed by atoms with E-state index in [2.05, 4.69) is 10.6 Å². The quantitative estimate of drug-likeness (QED) is 0.664. The van der Waals surface area contributed by atoms with Crippen LogP contribution in [0.15, 0.2) is 0 Å². The maximum atomic E-state index is 12.0. The third kappa shape index (κ3) is 3.70. The molecule has 1 saturated heterocycles. The van der Waals surface area contributed by atoms with Crippen molar-refractivity contribution in [2.45, 2.75) is 51.6 Å². The van der Waals surface area contributed by atoms with Gasteiger partial charge in [-0.3, -0.25) is 4.79 Å². The molecular weight excluding hydrogens is 220 g/mol. The first-order chi connectivity index (χ1) is 7.85. The molecule has 1 heterocycles. The maximum absolute atomic E-state index is 12.0. The van der Waals surface area contributed by atoms with E-state index in [1.165, 1.54) is 0 Å². The van der Waals surface area contributed by atoms with Gasteiger partial charge in [0.1, 0.15) is 6.04 Å². The van der Waals surface area contributed by atoms with Crippen LogP contribution in [0.4, 0.5) is 0 Å². The van der Waals surface area contributed by atoms with Gasteiger partial charge in [0.15, 0.2) is 0 Å². The molecular formula is C12H22N2O3. The van der Waals surface area contributed by atoms with Crippen LogP contribution in [-0.4, -0.2) is 35.1 Å². The highest BCUT2D eigenvalue weighted by atomic mass is 16.4. The lowest BCUT2D eigenvalue weighted by atomic mass is 9.97. The van der Waals surface area contributed by atoms with Crippen LogP contribution in [0, 0.1) is 5.92 Å². The Hall–Kier alpha value is -1.10. The van der Waals surface area contributed by atoms with Crippen molar-refractivity contribution in [3.05, 3.63) is 0 Å². The number of carboxylic acids is 1. The molecule has 1 unspecified atom stereocenters. The molecule has 0 radical (unpaired) electrons. The van der Waals surface area contributed by atoms with Gasteiger partial charge in [0.2, 0.25) is 5.91 Å². The van der Waals surface area contributed by atoms with Gasteiger partial charge >= 0.3 is 5.97 Å². The first kappa shape index (κ1) is 14.0. The van der Waals surface area contributed by atoms with Gasteiger partial charge in [-0.15, -0.1) is 0 Å². The molecule has 5 heteroatoms. The van der Waals surface area contributed by atoms with Gasteiger partial charge < -0.3 is 15.7 Å². The van der Waals surface area contributed by atoms with Crippen molar-refractivity contribution in [3.8, 4) is 0 Å². The molecule has 1 fully saturated rings. The van der Waals surface area contributed by atoms with Crippen LogP contribution in [0.25, 0.3) is 0 Å². The molecule has 0 spiro atoms. The normalized spacial score (nSPS) is 25.9. The zero-order valence-electron chi connectivity index (χ0n) is 10.7. The minimum Gasteiger partial charge on any atom is -0.480 e. The largest absolute Gasteiger partial charge is 0.480 e. The van der Waals surface area contributed by atoms with Crippen LogP contribution < -0.4 is 10.6 Å². The fraction of sp³-hybridized carbons (Fsp3) is 0.833. The summed E-state index contributed by atoms with van der Waals surface area (Å²) in [5, 5.41) is 14.8. The fourth-order valence-electron chi connectivity index (χ4n) is 2.10. The Morgan fingerprint density at radius 1 is 1.47 bits per heavy atom. The fourth-order valence-corrected chi connectivity index (χ4v) is 2.10. The molecule has 1 aliphatic heterocycles. The summed E-state index contributed by atoms with van der Waals surface area (Å²) in [4.78, 5) is 23.1. The summed E-state index contributed by atoms with van der Waals surface area (Å²) in [5.41, 5.74) is -0.606. The van der Waals surface area contributed by atoms with Crippen LogP contribution in [0.5, 0.6) is 0 Å². The van der Waals surface area contributed by atoms with Crippen LogP contribution in [0.3, 0.4) is 0 Å². The topological polar surface area (TPSA) is 78.4 Å². The van der Waals surface area contributed by atoms with E-state index in [0.717, 1.165) is 19.4 Å². The first-order valence-electron chi connectivity index (χ1n) is 6.14. The lowest BCUT2D eigenvalue weighted by Gasteiger charge is -2.26. The predicted molar refractivity (Wildman–Crippen MR) is 64.7 cm³/mol. The summed E-state index contributed by atoms with van der Waals surface area (Å²) < 4.78 is 0. The summed E-state index contributed by atoms with van der Waals surface area (Å²) in [6, 6.07) is -0.790. The average Bonchev–Trinajstić information content (AvgIpc) is 2.64. The van der Waals surface area contributed by atoms with E-state index >= 15 is 0 Å². The Kier molecular flexibility index (Phi) is 4.51. The molecule has 98 valence electrons. The van der Waals surface area contributed by atoms with E-state index in [9.17, 15) is 9.59 Å². The van der Waals surface area contributed by atoms with E-state index in [-0.39, 0.29) is 11.8 Å². The summed E-state index contributed by atoms with van der Waals surface area (Å²) >= 11 is 0. The standard InChI is InChI=1S/C12H22N2O3/c1-8(2)7-9(10(15)16)14-11(17)12(3)5-4-6-13-12/h8-9,13H,4-7H2,1-3H3,(H,14,17)(H,15,16)/t9-,12?/m0/s1. The maximum Gasteiger partial charge on any atom is 0.326 e. The lowest BCUT2D eigenvalue weighted by molar-refractivity contribution is -0.143. The van der Waals surface area contributed by atoms with Crippen molar-refractivity contribution in [1.29, 1.82) is 0 Å². The van der Waals surface area contributed by atoms with E-state index in [1.54, 1.807) is 0 Å². The molecule has 5 nitrogen and oxygen atoms in total. The Morgan fingerprint density at radius 3 is 2.53 bits per heavy atom. The molecule has 1 rings (SSSR count). The molecule has 0 aromatic rings. The summed E-state index contributed by atoms with van der Waals surface area (Å²) in [6.45, 7) is 6.52. The number of carboxylic acid groups (broad SMARTS) is 1. The minimum atomic E-state index is -0.964. The third-order valence-corrected chi connectivity index (χ3v) is 3.18. The van der Waals surface area contributed by atoms with Gasteiger partial charge in [-0.05, 0) is 38.6 Å². The van der Waals surface area contributed by atoms with Gasteiger partial charge in [-0.1, -0.05) is 13.8 Å². The van der Waals surface area contributed by atoms with Gasteiger partial charge in [0.05, 0.1) is 5.54 Å². The number of hydrogen-bond donors (Lipinski definition) is 3. The summed E-state index contributed by atoms with van der Waals surface area (Å²) in [6.07, 6.45) is 2.16. The molecule has 3 N–H and O–H groups in total. The number of rotatable bonds is 5. The number of carbonyl (C=O) groups is 2. The molecule has 0 saturated carbocycles. The summed E-state index contributed by atoms with van der Waals surface area (Å²) in [5.74, 6) is -0.933. The number of hydrogen-bond acceptors (Lipinski definition) is 3. The van der Waals surface area contributed by atoms with Gasteiger partial charge in [0, 0.05) is 0 Å². The molecule has 0 aromatic carbocycles. The monoisotopic (exact) mass is 242 g/mol. The van der Waals surface area contributed by atoms with Crippen molar-refractivity contribution in [2.24, 2.45) is 5.92 Å². The van der Waals surface area contributed by atoms with Gasteiger partial charge in [0.25, 0.3) is 0 Å². The van der Waals surface area contributed by atoms with Crippen LogP contribution >= 0.6 is 0 Å². The Labute approximate surface area is 102 Å². The number of amides is 1. The molecule has 1 amide bonds. The highest BCUT2D eigenvalue weighted by molar-refractivity contribution is 5.90. The predicted octanol–water partition coefficient (Wildman–Crippen LogP) is 0.744. The Morgan fingerprint density at radius 2 is 2.12 bits per heavy atom. The zero-order valence-corrected chi connectivity index (χ0v) is 10.7. The van der Waals surface area contributed by atoms with Crippen molar-refractivity contribution in [1.82, 2.24) is 10.6 Å². The van der Waals surface area contributed by atoms with E-state index in [4.69, 9.17) is 5.11 Å². The number of nitrogens with one attached hydrogen (secondary N) is 2. The smallest absolute Gasteiger partial charge is 0.326 e. The first-order valence-corrected chi connectivity index (χ1v) is 6.14. The SMILES string of the molecule is CC(C)C[C@H](NC(=O)C1(C)CCCN1)C(=O)O. The Balaban J connectivity index is 2.60. The van der Waals surface area contributed by atoms with Crippen molar-refractivity contribution < 1.29 is 14.7 Å². The zero-order chi connectivity index (χ0) is 13.1. The second-order valence-electron chi connectivity index (χ2n) is 5.36. The van der Waals surface area contributed by atoms with Crippen LogP contribution in [0.1, 0.15) is 40.0 Å². The Bertz CT molecular complexity index is 296. The molecule has 0 aliphatic carbocycles. The third-order valence-electron chi connectivity index (χ3n) is 3.18. The molecule has 0 aromatic heterocycles. The minimum absolute atomic E-state index is 0.206. The molecule has 2 atom stereocenters. The summed E-state index contributed by atoms with van der Waals surface area (Å²) in [7, 11) is 0. The lowest BCUT2D eigenvalue weighted by Crippen LogP contribution is -2.55. The van der Waals surface area contributed by atoms with Gasteiger partial charge in [-0.25, -0.2) is 4.79 Å². The van der Waals surface area contributed by atoms with Crippen molar-refractivity contribution in [3.63, 3.8) is 0 Å². The highest BCUT2D eigenvalue weighted by Crippen LogP contribution is 2.19. The molecule has 17 heavy (non-hydrogen) atoms. The second-order valence-corrected chi connectivity index (χ2v) is 5.36. The number of carbonyl (C=O) groups excluding carboxylic acids is 1. The number of aliphatic carboxylic acids is 1. The van der Waals surface area contributed by atoms with E-state index in [0.29, 0.717) is 6.42 Å². The van der Waals surface area contributed by atoms with Crippen LogP contribution in [0.2, 0.25) is 0 Å². The van der Waals surface area contributed by atoms with Gasteiger partial charge in [-0.2, -0.15) is 0 Å². The molecule has 1 aliphatic rings. The van der Waals surface area contributed by atoms with Crippen molar-refractivity contribution in [2.75, 3.05) is 6.54 Å².